The van der Waals surface area contributed by atoms with Crippen LogP contribution in [0.1, 0.15) is 85.8 Å². The molecule has 2 fully saturated rings. The Bertz CT molecular complexity index is 2270. The SMILES string of the molecule is CCC1(COCCCCOc2ccc(C#Cc3ccc(OCc4ccc5cc(C#Cc6ccc(OCCCCOCC7(CC)COC7)cc6)ccc5c4)c(C)c3)cc2)COC1. The van der Waals surface area contributed by atoms with Gasteiger partial charge in [-0.1, -0.05) is 55.7 Å². The van der Waals surface area contributed by atoms with Gasteiger partial charge in [0, 0.05) is 46.3 Å². The Kier molecular flexibility index (Phi) is 15.8. The Balaban J connectivity index is 0.804. The molecule has 2 saturated heterocycles. The first kappa shape index (κ1) is 43.8. The van der Waals surface area contributed by atoms with Crippen molar-refractivity contribution in [3.8, 4) is 40.9 Å². The van der Waals surface area contributed by atoms with E-state index in [0.29, 0.717) is 19.8 Å². The Hall–Kier alpha value is -5.28. The van der Waals surface area contributed by atoms with Crippen molar-refractivity contribution >= 4 is 10.8 Å². The van der Waals surface area contributed by atoms with Gasteiger partial charge in [0.15, 0.2) is 0 Å². The molecule has 2 aliphatic rings. The molecule has 2 aliphatic heterocycles. The first-order chi connectivity index (χ1) is 29.9. The molecule has 0 spiro atoms. The molecule has 7 rings (SSSR count). The van der Waals surface area contributed by atoms with E-state index in [2.05, 4.69) is 86.9 Å². The monoisotopic (exact) mass is 820 g/mol. The van der Waals surface area contributed by atoms with Gasteiger partial charge >= 0.3 is 0 Å². The van der Waals surface area contributed by atoms with Crippen LogP contribution in [0.15, 0.2) is 103 Å². The van der Waals surface area contributed by atoms with Gasteiger partial charge in [0.05, 0.1) is 52.9 Å². The van der Waals surface area contributed by atoms with Gasteiger partial charge in [-0.15, -0.1) is 0 Å². The molecule has 0 saturated carbocycles. The summed E-state index contributed by atoms with van der Waals surface area (Å²) >= 11 is 0. The lowest BCUT2D eigenvalue weighted by atomic mass is 9.84. The largest absolute Gasteiger partial charge is 0.494 e. The molecule has 5 aromatic rings. The van der Waals surface area contributed by atoms with E-state index in [-0.39, 0.29) is 10.8 Å². The highest BCUT2D eigenvalue weighted by molar-refractivity contribution is 5.84. The maximum Gasteiger partial charge on any atom is 0.122 e. The van der Waals surface area contributed by atoms with Crippen molar-refractivity contribution in [2.45, 2.75) is 65.9 Å². The average Bonchev–Trinajstić information content (AvgIpc) is 3.26. The minimum Gasteiger partial charge on any atom is -0.494 e. The van der Waals surface area contributed by atoms with Gasteiger partial charge in [0.1, 0.15) is 23.9 Å². The zero-order valence-corrected chi connectivity index (χ0v) is 36.2. The fourth-order valence-corrected chi connectivity index (χ4v) is 7.20. The van der Waals surface area contributed by atoms with Crippen molar-refractivity contribution in [1.29, 1.82) is 0 Å². The number of fused-ring (bicyclic) bond motifs is 1. The molecule has 0 unspecified atom stereocenters. The number of ether oxygens (including phenoxy) is 7. The molecule has 0 atom stereocenters. The van der Waals surface area contributed by atoms with Crippen LogP contribution < -0.4 is 14.2 Å². The summed E-state index contributed by atoms with van der Waals surface area (Å²) in [6.07, 6.45) is 6.10. The molecule has 0 aliphatic carbocycles. The van der Waals surface area contributed by atoms with Crippen LogP contribution in [0.5, 0.6) is 17.2 Å². The molecule has 0 N–H and O–H groups in total. The second-order valence-electron chi connectivity index (χ2n) is 16.6. The number of unbranched alkanes of at least 4 members (excludes halogenated alkanes) is 2. The van der Waals surface area contributed by atoms with E-state index in [0.717, 1.165) is 153 Å². The highest BCUT2D eigenvalue weighted by atomic mass is 16.5. The van der Waals surface area contributed by atoms with Crippen molar-refractivity contribution in [2.75, 3.05) is 66.1 Å². The van der Waals surface area contributed by atoms with Gasteiger partial charge in [-0.3, -0.25) is 0 Å². The van der Waals surface area contributed by atoms with E-state index in [1.807, 2.05) is 60.7 Å². The van der Waals surface area contributed by atoms with Crippen molar-refractivity contribution < 1.29 is 33.2 Å². The number of aryl methyl sites for hydroxylation is 1. The van der Waals surface area contributed by atoms with Crippen LogP contribution in [0.4, 0.5) is 0 Å². The average molecular weight is 821 g/mol. The van der Waals surface area contributed by atoms with E-state index in [9.17, 15) is 0 Å². The molecule has 2 heterocycles. The molecule has 7 heteroatoms. The first-order valence-corrected chi connectivity index (χ1v) is 22.0. The first-order valence-electron chi connectivity index (χ1n) is 22.0. The Morgan fingerprint density at radius 3 is 1.46 bits per heavy atom. The topological polar surface area (TPSA) is 64.6 Å². The smallest absolute Gasteiger partial charge is 0.122 e. The Labute approximate surface area is 363 Å². The maximum absolute atomic E-state index is 6.25. The van der Waals surface area contributed by atoms with Crippen LogP contribution >= 0.6 is 0 Å². The summed E-state index contributed by atoms with van der Waals surface area (Å²) in [7, 11) is 0. The number of hydrogen-bond donors (Lipinski definition) is 0. The molecule has 61 heavy (non-hydrogen) atoms. The Morgan fingerprint density at radius 2 is 0.951 bits per heavy atom. The van der Waals surface area contributed by atoms with Gasteiger partial charge in [-0.25, -0.2) is 0 Å². The zero-order chi connectivity index (χ0) is 42.2. The van der Waals surface area contributed by atoms with E-state index >= 15 is 0 Å². The minimum atomic E-state index is 0.247. The molecule has 0 radical (unpaired) electrons. The van der Waals surface area contributed by atoms with Gasteiger partial charge in [0.25, 0.3) is 0 Å². The standard InChI is InChI=1S/C54H60O7/c1-4-53(38-57-39-53)36-55-28-6-8-30-59-50-23-16-43(17-24-50)10-12-45-20-27-52(42(3)32-45)61-35-47-15-22-48-33-46(14-21-49(48)34-47)13-11-44-18-25-51(26-19-44)60-31-9-7-29-56-37-54(5-2)40-58-41-54/h14-27,32-34H,4-9,28-31,35-41H2,1-3H3. The van der Waals surface area contributed by atoms with Gasteiger partial charge < -0.3 is 33.2 Å². The highest BCUT2D eigenvalue weighted by Gasteiger charge is 2.37. The van der Waals surface area contributed by atoms with Crippen molar-refractivity contribution in [3.05, 3.63) is 137 Å². The van der Waals surface area contributed by atoms with Crippen LogP contribution in [0.3, 0.4) is 0 Å². The summed E-state index contributed by atoms with van der Waals surface area (Å²) in [6, 6.07) is 34.8. The molecule has 318 valence electrons. The summed E-state index contributed by atoms with van der Waals surface area (Å²) in [5, 5.41) is 2.30. The minimum absolute atomic E-state index is 0.247. The van der Waals surface area contributed by atoms with Crippen molar-refractivity contribution in [2.24, 2.45) is 10.8 Å². The lowest BCUT2D eigenvalue weighted by Gasteiger charge is -2.40. The molecular weight excluding hydrogens is 761 g/mol. The normalized spacial score (nSPS) is 14.7. The molecule has 5 aromatic carbocycles. The van der Waals surface area contributed by atoms with Gasteiger partial charge in [-0.05, 0) is 152 Å². The van der Waals surface area contributed by atoms with Crippen LogP contribution in [-0.2, 0) is 25.6 Å². The fourth-order valence-electron chi connectivity index (χ4n) is 7.20. The van der Waals surface area contributed by atoms with E-state index in [1.165, 1.54) is 0 Å². The molecule has 0 amide bonds. The predicted molar refractivity (Wildman–Crippen MR) is 242 cm³/mol. The molecule has 0 aromatic heterocycles. The highest BCUT2D eigenvalue weighted by Crippen LogP contribution is 2.32. The lowest BCUT2D eigenvalue weighted by Crippen LogP contribution is -2.45. The number of hydrogen-bond acceptors (Lipinski definition) is 7. The third-order valence-electron chi connectivity index (χ3n) is 11.7. The van der Waals surface area contributed by atoms with Crippen LogP contribution in [0.2, 0.25) is 0 Å². The van der Waals surface area contributed by atoms with E-state index in [1.54, 1.807) is 0 Å². The van der Waals surface area contributed by atoms with Crippen LogP contribution in [-0.4, -0.2) is 66.1 Å². The summed E-state index contributed by atoms with van der Waals surface area (Å²) < 4.78 is 40.7. The molecular formula is C54H60O7. The lowest BCUT2D eigenvalue weighted by molar-refractivity contribution is -0.150. The third-order valence-corrected chi connectivity index (χ3v) is 11.7. The number of rotatable bonds is 21. The summed E-state index contributed by atoms with van der Waals surface area (Å²) in [5.41, 5.74) is 6.47. The third kappa shape index (κ3) is 12.9. The van der Waals surface area contributed by atoms with Crippen molar-refractivity contribution in [3.63, 3.8) is 0 Å². The van der Waals surface area contributed by atoms with Crippen LogP contribution in [0, 0.1) is 41.4 Å². The maximum atomic E-state index is 6.25. The van der Waals surface area contributed by atoms with Gasteiger partial charge in [0.2, 0.25) is 0 Å². The quantitative estimate of drug-likeness (QED) is 0.0540. The number of benzene rings is 5. The molecule has 7 nitrogen and oxygen atoms in total. The fraction of sp³-hybridized carbons (Fsp3) is 0.407. The second kappa shape index (κ2) is 22.0. The summed E-state index contributed by atoms with van der Waals surface area (Å²) in [6.45, 7) is 14.7. The van der Waals surface area contributed by atoms with Crippen molar-refractivity contribution in [1.82, 2.24) is 0 Å². The van der Waals surface area contributed by atoms with Crippen LogP contribution in [0.25, 0.3) is 10.8 Å². The molecule has 0 bridgehead atoms. The second-order valence-corrected chi connectivity index (χ2v) is 16.6. The van der Waals surface area contributed by atoms with E-state index in [4.69, 9.17) is 33.2 Å². The van der Waals surface area contributed by atoms with Gasteiger partial charge in [-0.2, -0.15) is 0 Å². The summed E-state index contributed by atoms with van der Waals surface area (Å²) in [5.74, 6) is 15.8. The zero-order valence-electron chi connectivity index (χ0n) is 36.2. The van der Waals surface area contributed by atoms with E-state index < -0.39 is 0 Å². The predicted octanol–water partition coefficient (Wildman–Crippen LogP) is 10.7. The summed E-state index contributed by atoms with van der Waals surface area (Å²) in [4.78, 5) is 0. The Morgan fingerprint density at radius 1 is 0.492 bits per heavy atom.